The molecule has 1 unspecified atom stereocenters. The van der Waals surface area contributed by atoms with E-state index in [4.69, 9.17) is 5.26 Å². The Labute approximate surface area is 169 Å². The lowest BCUT2D eigenvalue weighted by molar-refractivity contribution is -0.129. The molecule has 2 heterocycles. The summed E-state index contributed by atoms with van der Waals surface area (Å²) in [4.78, 5) is 27.7. The smallest absolute Gasteiger partial charge is 0.318 e. The first-order chi connectivity index (χ1) is 13.8. The number of hydrogen-bond acceptors (Lipinski definition) is 5. The highest BCUT2D eigenvalue weighted by Gasteiger charge is 2.38. The standard InChI is InChI=1S/C19H21FN4O4S/c1-12-10-17(18(25)24(12)9-6-21)22-19(26)23-7-4-13(5-8-23)15-3-2-14(29(27)28)11-16(15)20/h2-4,11-12,17,29H,5,7-10H2,1H3,(H,22,26)/t12?,17-/m0/s1. The van der Waals surface area contributed by atoms with Crippen molar-refractivity contribution in [3.63, 3.8) is 0 Å². The van der Waals surface area contributed by atoms with Gasteiger partial charge in [-0.2, -0.15) is 5.26 Å². The molecule has 0 spiro atoms. The number of nitrogens with one attached hydrogen (secondary N) is 1. The molecule has 0 aliphatic carbocycles. The van der Waals surface area contributed by atoms with E-state index >= 15 is 0 Å². The summed E-state index contributed by atoms with van der Waals surface area (Å²) in [5, 5.41) is 11.5. The average Bonchev–Trinajstić information content (AvgIpc) is 2.95. The van der Waals surface area contributed by atoms with Gasteiger partial charge in [-0.3, -0.25) is 4.79 Å². The Morgan fingerprint density at radius 1 is 1.41 bits per heavy atom. The van der Waals surface area contributed by atoms with Crippen LogP contribution in [0.5, 0.6) is 0 Å². The second-order valence-corrected chi connectivity index (χ2v) is 8.09. The van der Waals surface area contributed by atoms with Crippen molar-refractivity contribution in [1.29, 1.82) is 5.26 Å². The maximum atomic E-state index is 14.2. The van der Waals surface area contributed by atoms with Crippen LogP contribution in [0.3, 0.4) is 0 Å². The highest BCUT2D eigenvalue weighted by Crippen LogP contribution is 2.26. The van der Waals surface area contributed by atoms with Crippen LogP contribution in [0.25, 0.3) is 5.57 Å². The predicted octanol–water partition coefficient (Wildman–Crippen LogP) is 1.11. The van der Waals surface area contributed by atoms with Crippen molar-refractivity contribution >= 4 is 28.2 Å². The Kier molecular flexibility index (Phi) is 6.17. The van der Waals surface area contributed by atoms with E-state index in [-0.39, 0.29) is 36.0 Å². The molecule has 1 aromatic rings. The molecule has 2 aliphatic heterocycles. The van der Waals surface area contributed by atoms with Crippen LogP contribution in [0, 0.1) is 17.1 Å². The van der Waals surface area contributed by atoms with Gasteiger partial charge in [-0.25, -0.2) is 17.6 Å². The van der Waals surface area contributed by atoms with Gasteiger partial charge in [0.15, 0.2) is 10.7 Å². The number of nitrogens with zero attached hydrogens (tertiary/aromatic N) is 3. The van der Waals surface area contributed by atoms with E-state index in [2.05, 4.69) is 5.32 Å². The van der Waals surface area contributed by atoms with E-state index in [1.54, 1.807) is 6.08 Å². The molecule has 0 aromatic heterocycles. The number of benzene rings is 1. The van der Waals surface area contributed by atoms with Crippen molar-refractivity contribution in [2.24, 2.45) is 0 Å². The zero-order chi connectivity index (χ0) is 21.1. The molecule has 0 bridgehead atoms. The third-order valence-electron chi connectivity index (χ3n) is 5.23. The van der Waals surface area contributed by atoms with Crippen LogP contribution in [-0.4, -0.2) is 61.9 Å². The van der Waals surface area contributed by atoms with Crippen molar-refractivity contribution in [3.05, 3.63) is 35.7 Å². The average molecular weight is 420 g/mol. The van der Waals surface area contributed by atoms with Crippen LogP contribution in [0.1, 0.15) is 25.3 Å². The summed E-state index contributed by atoms with van der Waals surface area (Å²) in [6.07, 6.45) is 2.57. The Hall–Kier alpha value is -2.93. The Balaban J connectivity index is 1.63. The Bertz CT molecular complexity index is 977. The zero-order valence-electron chi connectivity index (χ0n) is 15.8. The number of amides is 3. The van der Waals surface area contributed by atoms with Crippen molar-refractivity contribution < 1.29 is 22.4 Å². The summed E-state index contributed by atoms with van der Waals surface area (Å²) in [7, 11) is -2.85. The minimum absolute atomic E-state index is 0.00681. The normalized spacial score (nSPS) is 21.9. The lowest BCUT2D eigenvalue weighted by atomic mass is 9.99. The predicted molar refractivity (Wildman–Crippen MR) is 103 cm³/mol. The first kappa shape index (κ1) is 20.8. The van der Waals surface area contributed by atoms with E-state index < -0.39 is 22.6 Å². The molecule has 2 atom stereocenters. The van der Waals surface area contributed by atoms with Crippen LogP contribution < -0.4 is 5.32 Å². The van der Waals surface area contributed by atoms with Crippen LogP contribution in [0.4, 0.5) is 9.18 Å². The number of carbonyl (C=O) groups excluding carboxylic acids is 2. The minimum Gasteiger partial charge on any atom is -0.326 e. The van der Waals surface area contributed by atoms with E-state index in [1.807, 2.05) is 13.0 Å². The maximum absolute atomic E-state index is 14.2. The number of likely N-dealkylation sites (tertiary alicyclic amines) is 1. The second-order valence-electron chi connectivity index (χ2n) is 7.06. The van der Waals surface area contributed by atoms with Gasteiger partial charge in [-0.1, -0.05) is 12.1 Å². The monoisotopic (exact) mass is 420 g/mol. The fourth-order valence-corrected chi connectivity index (χ4v) is 4.05. The van der Waals surface area contributed by atoms with Crippen LogP contribution in [0.15, 0.2) is 29.2 Å². The summed E-state index contributed by atoms with van der Waals surface area (Å²) in [5.74, 6) is -0.881. The fraction of sp³-hybridized carbons (Fsp3) is 0.421. The SMILES string of the molecule is CC1C[C@H](NC(=O)N2CC=C(c3ccc([SH](=O)=O)cc3F)CC2)C(=O)N1CC#N. The molecule has 8 nitrogen and oxygen atoms in total. The molecular formula is C19H21FN4O4S. The molecule has 1 saturated heterocycles. The van der Waals surface area contributed by atoms with E-state index in [1.165, 1.54) is 21.9 Å². The van der Waals surface area contributed by atoms with Crippen molar-refractivity contribution in [2.45, 2.75) is 36.7 Å². The molecule has 0 saturated carbocycles. The number of nitriles is 1. The molecule has 3 rings (SSSR count). The summed E-state index contributed by atoms with van der Waals surface area (Å²) in [6, 6.07) is 4.56. The number of halogens is 1. The van der Waals surface area contributed by atoms with Crippen molar-refractivity contribution in [2.75, 3.05) is 19.6 Å². The van der Waals surface area contributed by atoms with Gasteiger partial charge >= 0.3 is 6.03 Å². The molecule has 1 N–H and O–H groups in total. The molecule has 0 radical (unpaired) electrons. The molecule has 29 heavy (non-hydrogen) atoms. The highest BCUT2D eigenvalue weighted by atomic mass is 32.2. The molecule has 10 heteroatoms. The van der Waals surface area contributed by atoms with Gasteiger partial charge < -0.3 is 15.1 Å². The number of rotatable bonds is 4. The molecule has 1 aromatic carbocycles. The first-order valence-corrected chi connectivity index (χ1v) is 10.4. The summed E-state index contributed by atoms with van der Waals surface area (Å²) in [6.45, 7) is 2.41. The summed E-state index contributed by atoms with van der Waals surface area (Å²) >= 11 is 0. The lowest BCUT2D eigenvalue weighted by Gasteiger charge is -2.28. The largest absolute Gasteiger partial charge is 0.326 e. The first-order valence-electron chi connectivity index (χ1n) is 9.18. The number of hydrogen-bond donors (Lipinski definition) is 2. The van der Waals surface area contributed by atoms with Gasteiger partial charge in [0.2, 0.25) is 5.91 Å². The van der Waals surface area contributed by atoms with Gasteiger partial charge in [0, 0.05) is 24.7 Å². The van der Waals surface area contributed by atoms with E-state index in [0.29, 0.717) is 30.5 Å². The molecule has 3 amide bonds. The van der Waals surface area contributed by atoms with Gasteiger partial charge in [0.25, 0.3) is 0 Å². The number of carbonyl (C=O) groups is 2. The summed E-state index contributed by atoms with van der Waals surface area (Å²) < 4.78 is 36.2. The van der Waals surface area contributed by atoms with Crippen LogP contribution in [-0.2, 0) is 15.5 Å². The number of urea groups is 1. The highest BCUT2D eigenvalue weighted by molar-refractivity contribution is 7.72. The van der Waals surface area contributed by atoms with Gasteiger partial charge in [-0.15, -0.1) is 0 Å². The quantitative estimate of drug-likeness (QED) is 0.560. The third kappa shape index (κ3) is 4.40. The number of thiol groups is 1. The second kappa shape index (κ2) is 8.61. The Morgan fingerprint density at radius 3 is 2.76 bits per heavy atom. The van der Waals surface area contributed by atoms with Crippen LogP contribution >= 0.6 is 0 Å². The summed E-state index contributed by atoms with van der Waals surface area (Å²) in [5.41, 5.74) is 1.02. The molecule has 1 fully saturated rings. The maximum Gasteiger partial charge on any atom is 0.318 e. The minimum atomic E-state index is -2.85. The van der Waals surface area contributed by atoms with Crippen molar-refractivity contribution in [1.82, 2.24) is 15.1 Å². The van der Waals surface area contributed by atoms with Crippen LogP contribution in [0.2, 0.25) is 0 Å². The van der Waals surface area contributed by atoms with E-state index in [0.717, 1.165) is 6.07 Å². The topological polar surface area (TPSA) is 111 Å². The van der Waals surface area contributed by atoms with Gasteiger partial charge in [0.05, 0.1) is 11.0 Å². The van der Waals surface area contributed by atoms with E-state index in [9.17, 15) is 22.4 Å². The lowest BCUT2D eigenvalue weighted by Crippen LogP contribution is -2.49. The van der Waals surface area contributed by atoms with Gasteiger partial charge in [-0.05, 0) is 37.5 Å². The zero-order valence-corrected chi connectivity index (χ0v) is 16.7. The van der Waals surface area contributed by atoms with Gasteiger partial charge in [0.1, 0.15) is 18.4 Å². The van der Waals surface area contributed by atoms with Crippen molar-refractivity contribution in [3.8, 4) is 6.07 Å². The molecule has 2 aliphatic rings. The molecular weight excluding hydrogens is 399 g/mol. The third-order valence-corrected chi connectivity index (χ3v) is 5.93. The fourth-order valence-electron chi connectivity index (χ4n) is 3.63. The molecule has 154 valence electrons. The Morgan fingerprint density at radius 2 is 2.17 bits per heavy atom.